The number of furan rings is 1. The van der Waals surface area contributed by atoms with E-state index in [2.05, 4.69) is 20.1 Å². The van der Waals surface area contributed by atoms with Crippen LogP contribution in [-0.4, -0.2) is 65.9 Å². The molecule has 8 nitrogen and oxygen atoms in total. The number of piperazine rings is 1. The topological polar surface area (TPSA) is 81.9 Å². The molecule has 2 amide bonds. The Bertz CT molecular complexity index is 1120. The summed E-state index contributed by atoms with van der Waals surface area (Å²) in [7, 11) is 0. The van der Waals surface area contributed by atoms with Gasteiger partial charge in [0.1, 0.15) is 6.26 Å². The van der Waals surface area contributed by atoms with Crippen molar-refractivity contribution in [1.82, 2.24) is 14.8 Å². The van der Waals surface area contributed by atoms with Crippen LogP contribution in [0.1, 0.15) is 20.9 Å². The van der Waals surface area contributed by atoms with Crippen molar-refractivity contribution in [2.75, 3.05) is 49.5 Å². The Morgan fingerprint density at radius 1 is 1.09 bits per heavy atom. The van der Waals surface area contributed by atoms with Crippen LogP contribution in [0.4, 0.5) is 10.8 Å². The minimum absolute atomic E-state index is 0.159. The zero-order chi connectivity index (χ0) is 22.8. The molecule has 2 aliphatic rings. The molecule has 5 rings (SSSR count). The van der Waals surface area contributed by atoms with E-state index in [4.69, 9.17) is 16.0 Å². The number of hydrogen-bond acceptors (Lipinski definition) is 7. The molecule has 2 aromatic heterocycles. The van der Waals surface area contributed by atoms with E-state index < -0.39 is 0 Å². The molecular weight excluding hydrogens is 462 g/mol. The maximum absolute atomic E-state index is 12.9. The Morgan fingerprint density at radius 2 is 1.88 bits per heavy atom. The standard InChI is InChI=1S/C23H24ClN5O3S/c24-17-1-3-18(4-2-17)28-8-10-29(11-9-28)21(30)14-27-7-5-19-20(13-27)33-23(25-19)26-22(31)16-6-12-32-15-16/h1-4,6,12,15H,5,7-11,13-14H2,(H,25,26,31). The van der Waals surface area contributed by atoms with Gasteiger partial charge in [-0.25, -0.2) is 4.98 Å². The normalized spacial score (nSPS) is 16.5. The maximum atomic E-state index is 12.9. The van der Waals surface area contributed by atoms with Crippen LogP contribution in [0.2, 0.25) is 5.02 Å². The van der Waals surface area contributed by atoms with Gasteiger partial charge in [0.05, 0.1) is 24.1 Å². The van der Waals surface area contributed by atoms with Crippen molar-refractivity contribution in [3.05, 3.63) is 64.0 Å². The van der Waals surface area contributed by atoms with Crippen molar-refractivity contribution in [1.29, 1.82) is 0 Å². The number of thiazole rings is 1. The number of benzene rings is 1. The molecule has 1 fully saturated rings. The second kappa shape index (κ2) is 9.54. The quantitative estimate of drug-likeness (QED) is 0.597. The first-order valence-corrected chi connectivity index (χ1v) is 12.1. The van der Waals surface area contributed by atoms with E-state index in [9.17, 15) is 9.59 Å². The summed E-state index contributed by atoms with van der Waals surface area (Å²) in [4.78, 5) is 37.2. The maximum Gasteiger partial charge on any atom is 0.260 e. The highest BCUT2D eigenvalue weighted by Crippen LogP contribution is 2.29. The minimum Gasteiger partial charge on any atom is -0.472 e. The molecular formula is C23H24ClN5O3S. The van der Waals surface area contributed by atoms with Crippen LogP contribution < -0.4 is 10.2 Å². The number of carbonyl (C=O) groups is 2. The molecule has 1 N–H and O–H groups in total. The van der Waals surface area contributed by atoms with Crippen molar-refractivity contribution in [3.8, 4) is 0 Å². The molecule has 1 saturated heterocycles. The molecule has 0 radical (unpaired) electrons. The number of anilines is 2. The molecule has 0 spiro atoms. The Morgan fingerprint density at radius 3 is 2.61 bits per heavy atom. The number of rotatable bonds is 5. The summed E-state index contributed by atoms with van der Waals surface area (Å²) >= 11 is 7.45. The number of nitrogens with zero attached hydrogens (tertiary/aromatic N) is 4. The lowest BCUT2D eigenvalue weighted by Crippen LogP contribution is -2.51. The smallest absolute Gasteiger partial charge is 0.260 e. The van der Waals surface area contributed by atoms with Gasteiger partial charge in [0.15, 0.2) is 5.13 Å². The van der Waals surface area contributed by atoms with E-state index in [0.717, 1.165) is 47.3 Å². The molecule has 3 aromatic rings. The highest BCUT2D eigenvalue weighted by atomic mass is 35.5. The number of nitrogens with one attached hydrogen (secondary N) is 1. The van der Waals surface area contributed by atoms with Gasteiger partial charge < -0.3 is 14.2 Å². The van der Waals surface area contributed by atoms with Crippen LogP contribution in [0.25, 0.3) is 0 Å². The first-order chi connectivity index (χ1) is 16.0. The molecule has 1 aromatic carbocycles. The number of hydrogen-bond donors (Lipinski definition) is 1. The van der Waals surface area contributed by atoms with E-state index in [0.29, 0.717) is 36.9 Å². The van der Waals surface area contributed by atoms with Crippen molar-refractivity contribution >= 4 is 45.6 Å². The molecule has 0 saturated carbocycles. The van der Waals surface area contributed by atoms with E-state index in [1.165, 1.54) is 23.9 Å². The molecule has 0 bridgehead atoms. The monoisotopic (exact) mass is 485 g/mol. The minimum atomic E-state index is -0.236. The first kappa shape index (κ1) is 21.9. The SMILES string of the molecule is O=C(Nc1nc2c(s1)CN(CC(=O)N1CCN(c3ccc(Cl)cc3)CC1)CC2)c1ccoc1. The molecule has 10 heteroatoms. The summed E-state index contributed by atoms with van der Waals surface area (Å²) < 4.78 is 4.96. The second-order valence-electron chi connectivity index (χ2n) is 8.16. The van der Waals surface area contributed by atoms with Crippen molar-refractivity contribution < 1.29 is 14.0 Å². The zero-order valence-electron chi connectivity index (χ0n) is 18.0. The van der Waals surface area contributed by atoms with Gasteiger partial charge >= 0.3 is 0 Å². The fourth-order valence-electron chi connectivity index (χ4n) is 4.16. The lowest BCUT2D eigenvalue weighted by atomic mass is 10.2. The van der Waals surface area contributed by atoms with E-state index in [-0.39, 0.29) is 11.8 Å². The number of carbonyl (C=O) groups excluding carboxylic acids is 2. The average Bonchev–Trinajstić information content (AvgIpc) is 3.49. The Hall–Kier alpha value is -2.88. The van der Waals surface area contributed by atoms with Gasteiger partial charge in [-0.05, 0) is 30.3 Å². The number of aromatic nitrogens is 1. The lowest BCUT2D eigenvalue weighted by Gasteiger charge is -2.37. The fraction of sp³-hybridized carbons (Fsp3) is 0.348. The Labute approximate surface area is 200 Å². The molecule has 172 valence electrons. The highest BCUT2D eigenvalue weighted by molar-refractivity contribution is 7.15. The van der Waals surface area contributed by atoms with Crippen LogP contribution in [0.5, 0.6) is 0 Å². The van der Waals surface area contributed by atoms with Crippen molar-refractivity contribution in [2.24, 2.45) is 0 Å². The third-order valence-corrected chi connectivity index (χ3v) is 7.25. The van der Waals surface area contributed by atoms with Crippen LogP contribution in [-0.2, 0) is 17.8 Å². The van der Waals surface area contributed by atoms with Crippen LogP contribution in [0.15, 0.2) is 47.3 Å². The average molecular weight is 486 g/mol. The van der Waals surface area contributed by atoms with E-state index >= 15 is 0 Å². The van der Waals surface area contributed by atoms with Gasteiger partial charge in [0.2, 0.25) is 5.91 Å². The van der Waals surface area contributed by atoms with Crippen LogP contribution in [0.3, 0.4) is 0 Å². The Balaban J connectivity index is 1.13. The van der Waals surface area contributed by atoms with Crippen LogP contribution >= 0.6 is 22.9 Å². The van der Waals surface area contributed by atoms with Crippen molar-refractivity contribution in [3.63, 3.8) is 0 Å². The van der Waals surface area contributed by atoms with Crippen molar-refractivity contribution in [2.45, 2.75) is 13.0 Å². The van der Waals surface area contributed by atoms with Gasteiger partial charge in [-0.2, -0.15) is 0 Å². The molecule has 0 atom stereocenters. The zero-order valence-corrected chi connectivity index (χ0v) is 19.6. The molecule has 2 aliphatic heterocycles. The molecule has 0 aliphatic carbocycles. The predicted molar refractivity (Wildman–Crippen MR) is 128 cm³/mol. The van der Waals surface area contributed by atoms with Crippen LogP contribution in [0, 0.1) is 0 Å². The van der Waals surface area contributed by atoms with Gasteiger partial charge in [-0.3, -0.25) is 19.8 Å². The number of fused-ring (bicyclic) bond motifs is 1. The third kappa shape index (κ3) is 5.05. The molecule has 4 heterocycles. The Kier molecular flexibility index (Phi) is 6.34. The van der Waals surface area contributed by atoms with E-state index in [1.807, 2.05) is 29.2 Å². The highest BCUT2D eigenvalue weighted by Gasteiger charge is 2.26. The summed E-state index contributed by atoms with van der Waals surface area (Å²) in [5.74, 6) is -0.0770. The molecule has 33 heavy (non-hydrogen) atoms. The largest absolute Gasteiger partial charge is 0.472 e. The lowest BCUT2D eigenvalue weighted by molar-refractivity contribution is -0.132. The second-order valence-corrected chi connectivity index (χ2v) is 9.68. The number of halogens is 1. The van der Waals surface area contributed by atoms with Gasteiger partial charge in [-0.15, -0.1) is 11.3 Å². The summed E-state index contributed by atoms with van der Waals surface area (Å²) in [6.07, 6.45) is 3.64. The fourth-order valence-corrected chi connectivity index (χ4v) is 5.33. The van der Waals surface area contributed by atoms with Gasteiger partial charge in [0, 0.05) is 61.3 Å². The van der Waals surface area contributed by atoms with Gasteiger partial charge in [0.25, 0.3) is 5.91 Å². The molecule has 0 unspecified atom stereocenters. The van der Waals surface area contributed by atoms with E-state index in [1.54, 1.807) is 6.07 Å². The predicted octanol–water partition coefficient (Wildman–Crippen LogP) is 3.35. The van der Waals surface area contributed by atoms with Gasteiger partial charge in [-0.1, -0.05) is 11.6 Å². The third-order valence-electron chi connectivity index (χ3n) is 6.00. The number of amides is 2. The first-order valence-electron chi connectivity index (χ1n) is 10.9. The summed E-state index contributed by atoms with van der Waals surface area (Å²) in [6.45, 7) is 4.90. The summed E-state index contributed by atoms with van der Waals surface area (Å²) in [5, 5.41) is 4.14. The summed E-state index contributed by atoms with van der Waals surface area (Å²) in [5.41, 5.74) is 2.60. The summed E-state index contributed by atoms with van der Waals surface area (Å²) in [6, 6.07) is 9.45.